The number of Topliss-reactive ketones (excluding diaryl/α,β-unsaturated/α-hetero) is 2. The fourth-order valence-electron chi connectivity index (χ4n) is 4.78. The Bertz CT molecular complexity index is 1770. The number of hydrogen-bond acceptors (Lipinski definition) is 4. The Kier molecular flexibility index (Phi) is 6.31. The van der Waals surface area contributed by atoms with Crippen LogP contribution in [0.1, 0.15) is 43.2 Å². The molecule has 2 aromatic heterocycles. The lowest BCUT2D eigenvalue weighted by Crippen LogP contribution is -2.03. The summed E-state index contributed by atoms with van der Waals surface area (Å²) in [6, 6.07) is 26.0. The first kappa shape index (κ1) is 24.2. The van der Waals surface area contributed by atoms with Gasteiger partial charge in [0.1, 0.15) is 23.3 Å². The number of nitrogens with one attached hydrogen (secondary N) is 2. The number of rotatable bonds is 6. The van der Waals surface area contributed by atoms with Crippen LogP contribution in [0.2, 0.25) is 0 Å². The van der Waals surface area contributed by atoms with E-state index in [9.17, 15) is 20.1 Å². The van der Waals surface area contributed by atoms with E-state index in [0.29, 0.717) is 33.6 Å². The summed E-state index contributed by atoms with van der Waals surface area (Å²) in [5, 5.41) is 21.1. The monoisotopic (exact) mass is 494 g/mol. The molecule has 0 amide bonds. The second-order valence-corrected chi connectivity index (χ2v) is 9.01. The summed E-state index contributed by atoms with van der Waals surface area (Å²) in [7, 11) is 0. The summed E-state index contributed by atoms with van der Waals surface area (Å²) in [4.78, 5) is 33.1. The SMILES string of the molecule is Cc1[nH]c2ccccc2c1C(=O)/C(C#N)=C/c1cccc(/C=C(\C#N)C(=O)c2c(C)[nH]c3ccccc23)c1. The van der Waals surface area contributed by atoms with Crippen molar-refractivity contribution in [3.63, 3.8) is 0 Å². The lowest BCUT2D eigenvalue weighted by atomic mass is 9.97. The molecule has 38 heavy (non-hydrogen) atoms. The molecule has 0 aliphatic rings. The third-order valence-corrected chi connectivity index (χ3v) is 6.50. The molecule has 0 spiro atoms. The highest BCUT2D eigenvalue weighted by Crippen LogP contribution is 2.27. The maximum Gasteiger partial charge on any atom is 0.205 e. The van der Waals surface area contributed by atoms with Crippen molar-refractivity contribution in [1.29, 1.82) is 10.5 Å². The van der Waals surface area contributed by atoms with Crippen molar-refractivity contribution in [1.82, 2.24) is 9.97 Å². The van der Waals surface area contributed by atoms with Crippen LogP contribution < -0.4 is 0 Å². The highest BCUT2D eigenvalue weighted by atomic mass is 16.1. The van der Waals surface area contributed by atoms with Gasteiger partial charge in [0.25, 0.3) is 0 Å². The number of fused-ring (bicyclic) bond motifs is 2. The van der Waals surface area contributed by atoms with Crippen molar-refractivity contribution in [2.24, 2.45) is 0 Å². The molecule has 0 bridgehead atoms. The topological polar surface area (TPSA) is 113 Å². The van der Waals surface area contributed by atoms with Gasteiger partial charge in [0, 0.05) is 33.2 Å². The lowest BCUT2D eigenvalue weighted by Gasteiger charge is -2.03. The van der Waals surface area contributed by atoms with Crippen molar-refractivity contribution >= 4 is 45.5 Å². The number of aromatic amines is 2. The number of hydrogen-bond donors (Lipinski definition) is 2. The standard InChI is InChI=1S/C32H22N4O2/c1-19-29(25-10-3-5-12-27(25)35-19)31(37)23(17-33)15-21-8-7-9-22(14-21)16-24(18-34)32(38)30-20(2)36-28-13-6-4-11-26(28)30/h3-16,35-36H,1-2H3/b23-15+,24-16+. The van der Waals surface area contributed by atoms with Crippen molar-refractivity contribution in [2.45, 2.75) is 13.8 Å². The van der Waals surface area contributed by atoms with Gasteiger partial charge >= 0.3 is 0 Å². The summed E-state index contributed by atoms with van der Waals surface area (Å²) in [5.74, 6) is -0.739. The minimum atomic E-state index is -0.369. The summed E-state index contributed by atoms with van der Waals surface area (Å²) in [6.45, 7) is 3.62. The molecule has 0 saturated heterocycles. The van der Waals surface area contributed by atoms with E-state index < -0.39 is 0 Å². The van der Waals surface area contributed by atoms with Crippen LogP contribution in [0.4, 0.5) is 0 Å². The van der Waals surface area contributed by atoms with E-state index in [2.05, 4.69) is 9.97 Å². The van der Waals surface area contributed by atoms with Gasteiger partial charge < -0.3 is 9.97 Å². The molecule has 0 unspecified atom stereocenters. The number of nitriles is 2. The number of aryl methyl sites for hydroxylation is 2. The van der Waals surface area contributed by atoms with E-state index in [1.54, 1.807) is 24.3 Å². The number of para-hydroxylation sites is 2. The molecule has 0 saturated carbocycles. The van der Waals surface area contributed by atoms with Gasteiger partial charge in [0.2, 0.25) is 11.6 Å². The van der Waals surface area contributed by atoms with Crippen LogP contribution in [-0.2, 0) is 0 Å². The molecular formula is C32H22N4O2. The van der Waals surface area contributed by atoms with Crippen molar-refractivity contribution in [3.05, 3.63) is 118 Å². The van der Waals surface area contributed by atoms with E-state index >= 15 is 0 Å². The smallest absolute Gasteiger partial charge is 0.205 e. The van der Waals surface area contributed by atoms with Gasteiger partial charge in [0.05, 0.1) is 11.1 Å². The number of nitrogens with zero attached hydrogens (tertiary/aromatic N) is 2. The third kappa shape index (κ3) is 4.32. The first-order valence-electron chi connectivity index (χ1n) is 12.0. The fourth-order valence-corrected chi connectivity index (χ4v) is 4.78. The minimum Gasteiger partial charge on any atom is -0.358 e. The first-order chi connectivity index (χ1) is 18.4. The van der Waals surface area contributed by atoms with Crippen LogP contribution in [-0.4, -0.2) is 21.5 Å². The fraction of sp³-hybridized carbons (Fsp3) is 0.0625. The summed E-state index contributed by atoms with van der Waals surface area (Å²) in [5.41, 5.74) is 5.18. The molecule has 6 heteroatoms. The van der Waals surface area contributed by atoms with Crippen molar-refractivity contribution in [3.8, 4) is 12.1 Å². The van der Waals surface area contributed by atoms with Gasteiger partial charge in [-0.05, 0) is 55.3 Å². The zero-order chi connectivity index (χ0) is 26.8. The van der Waals surface area contributed by atoms with Gasteiger partial charge in [-0.25, -0.2) is 0 Å². The Morgan fingerprint density at radius 3 is 1.50 bits per heavy atom. The number of H-pyrrole nitrogens is 2. The van der Waals surface area contributed by atoms with Gasteiger partial charge in [-0.2, -0.15) is 10.5 Å². The molecule has 0 aliphatic carbocycles. The Morgan fingerprint density at radius 1 is 0.658 bits per heavy atom. The van der Waals surface area contributed by atoms with E-state index in [0.717, 1.165) is 21.8 Å². The molecule has 0 radical (unpaired) electrons. The summed E-state index contributed by atoms with van der Waals surface area (Å²) < 4.78 is 0. The summed E-state index contributed by atoms with van der Waals surface area (Å²) >= 11 is 0. The Hall–Kier alpha value is -5.46. The zero-order valence-electron chi connectivity index (χ0n) is 20.8. The molecule has 6 nitrogen and oxygen atoms in total. The second-order valence-electron chi connectivity index (χ2n) is 9.01. The normalized spacial score (nSPS) is 11.9. The largest absolute Gasteiger partial charge is 0.358 e. The van der Waals surface area contributed by atoms with Crippen LogP contribution in [0.5, 0.6) is 0 Å². The molecular weight excluding hydrogens is 472 g/mol. The van der Waals surface area contributed by atoms with Crippen LogP contribution >= 0.6 is 0 Å². The maximum absolute atomic E-state index is 13.3. The predicted molar refractivity (Wildman–Crippen MR) is 148 cm³/mol. The Morgan fingerprint density at radius 2 is 1.08 bits per heavy atom. The van der Waals surface area contributed by atoms with Crippen LogP contribution in [0.15, 0.2) is 83.9 Å². The van der Waals surface area contributed by atoms with Crippen LogP contribution in [0, 0.1) is 36.5 Å². The molecule has 2 heterocycles. The number of aromatic nitrogens is 2. The quantitative estimate of drug-likeness (QED) is 0.153. The molecule has 3 aromatic carbocycles. The van der Waals surface area contributed by atoms with Crippen LogP contribution in [0.3, 0.4) is 0 Å². The minimum absolute atomic E-state index is 0.00927. The van der Waals surface area contributed by atoms with E-state index in [-0.39, 0.29) is 22.7 Å². The number of benzene rings is 3. The molecule has 2 N–H and O–H groups in total. The Labute approximate surface area is 219 Å². The van der Waals surface area contributed by atoms with Crippen molar-refractivity contribution in [2.75, 3.05) is 0 Å². The predicted octanol–water partition coefficient (Wildman–Crippen LogP) is 6.85. The van der Waals surface area contributed by atoms with Gasteiger partial charge in [-0.3, -0.25) is 9.59 Å². The van der Waals surface area contributed by atoms with E-state index in [4.69, 9.17) is 0 Å². The highest BCUT2D eigenvalue weighted by molar-refractivity contribution is 6.21. The average molecular weight is 495 g/mol. The molecule has 0 aliphatic heterocycles. The Balaban J connectivity index is 1.50. The molecule has 5 rings (SSSR count). The number of carbonyl (C=O) groups is 2. The van der Waals surface area contributed by atoms with Gasteiger partial charge in [0.15, 0.2) is 0 Å². The van der Waals surface area contributed by atoms with Crippen LogP contribution in [0.25, 0.3) is 34.0 Å². The molecule has 0 fully saturated rings. The summed E-state index contributed by atoms with van der Waals surface area (Å²) in [6.07, 6.45) is 3.05. The average Bonchev–Trinajstić information content (AvgIpc) is 3.44. The first-order valence-corrected chi connectivity index (χ1v) is 12.0. The number of ketones is 2. The lowest BCUT2D eigenvalue weighted by molar-refractivity contribution is 0.103. The van der Waals surface area contributed by atoms with Gasteiger partial charge in [-0.15, -0.1) is 0 Å². The van der Waals surface area contributed by atoms with E-state index in [1.807, 2.05) is 74.5 Å². The number of carbonyl (C=O) groups excluding carboxylic acids is 2. The van der Waals surface area contributed by atoms with Crippen molar-refractivity contribution < 1.29 is 9.59 Å². The third-order valence-electron chi connectivity index (χ3n) is 6.50. The molecule has 5 aromatic rings. The number of allylic oxidation sites excluding steroid dienone is 2. The zero-order valence-corrected chi connectivity index (χ0v) is 20.8. The molecule has 0 atom stereocenters. The highest BCUT2D eigenvalue weighted by Gasteiger charge is 2.21. The second kappa shape index (κ2) is 9.89. The van der Waals surface area contributed by atoms with E-state index in [1.165, 1.54) is 12.2 Å². The maximum atomic E-state index is 13.3. The molecule has 182 valence electrons. The van der Waals surface area contributed by atoms with Gasteiger partial charge in [-0.1, -0.05) is 54.6 Å².